The van der Waals surface area contributed by atoms with E-state index in [0.29, 0.717) is 12.6 Å². The van der Waals surface area contributed by atoms with Gasteiger partial charge in [0.15, 0.2) is 0 Å². The van der Waals surface area contributed by atoms with E-state index in [0.717, 1.165) is 12.5 Å². The largest absolute Gasteiger partial charge is 0.377 e. The molecule has 0 aromatic rings. The van der Waals surface area contributed by atoms with Gasteiger partial charge in [-0.25, -0.2) is 0 Å². The molecule has 1 aliphatic rings. The molecule has 54 valence electrons. The lowest BCUT2D eigenvalue weighted by molar-refractivity contribution is 0.0568. The molecule has 0 unspecified atom stereocenters. The Hall–Kier alpha value is -0.0800. The molecule has 0 bridgehead atoms. The zero-order valence-electron chi connectivity index (χ0n) is 5.97. The molecular formula is C7H15NO. The molecule has 0 radical (unpaired) electrons. The number of ether oxygens (including phenoxy) is 1. The van der Waals surface area contributed by atoms with Crippen LogP contribution in [0.15, 0.2) is 0 Å². The van der Waals surface area contributed by atoms with Crippen LogP contribution >= 0.6 is 0 Å². The fraction of sp³-hybridized carbons (Fsp3) is 1.00. The van der Waals surface area contributed by atoms with Crippen molar-refractivity contribution in [2.75, 3.05) is 13.2 Å². The van der Waals surface area contributed by atoms with Gasteiger partial charge >= 0.3 is 0 Å². The second-order valence-corrected chi connectivity index (χ2v) is 2.70. The fourth-order valence-electron chi connectivity index (χ4n) is 0.956. The minimum atomic E-state index is 0.452. The molecule has 1 aliphatic carbocycles. The minimum absolute atomic E-state index is 0.452. The van der Waals surface area contributed by atoms with Gasteiger partial charge in [0, 0.05) is 6.54 Å². The first-order valence-electron chi connectivity index (χ1n) is 3.66. The lowest BCUT2D eigenvalue weighted by atomic mass is 10.3. The van der Waals surface area contributed by atoms with E-state index < -0.39 is 0 Å². The van der Waals surface area contributed by atoms with Gasteiger partial charge in [-0.05, 0) is 25.7 Å². The molecule has 0 amide bonds. The molecule has 0 spiro atoms. The average molecular weight is 129 g/mol. The first-order chi connectivity index (χ1) is 4.34. The number of nitrogens with two attached hydrogens (primary N) is 1. The predicted octanol–water partition coefficient (Wildman–Crippen LogP) is 0.760. The van der Waals surface area contributed by atoms with Gasteiger partial charge in [-0.15, -0.1) is 0 Å². The Morgan fingerprint density at radius 1 is 1.67 bits per heavy atom. The monoisotopic (exact) mass is 129 g/mol. The Bertz CT molecular complexity index is 81.0. The predicted molar refractivity (Wildman–Crippen MR) is 37.2 cm³/mol. The normalized spacial score (nSPS) is 22.0. The van der Waals surface area contributed by atoms with Gasteiger partial charge in [-0.1, -0.05) is 0 Å². The third-order valence-electron chi connectivity index (χ3n) is 1.78. The molecule has 0 heterocycles. The molecule has 0 aliphatic heterocycles. The Balaban J connectivity index is 1.96. The molecule has 9 heavy (non-hydrogen) atoms. The van der Waals surface area contributed by atoms with Crippen molar-refractivity contribution in [2.24, 2.45) is 11.7 Å². The van der Waals surface area contributed by atoms with Crippen LogP contribution < -0.4 is 5.73 Å². The molecule has 1 fully saturated rings. The molecular weight excluding hydrogens is 114 g/mol. The summed E-state index contributed by atoms with van der Waals surface area (Å²) >= 11 is 0. The van der Waals surface area contributed by atoms with Crippen molar-refractivity contribution in [1.29, 1.82) is 0 Å². The van der Waals surface area contributed by atoms with Gasteiger partial charge in [0.05, 0.1) is 12.7 Å². The van der Waals surface area contributed by atoms with Crippen LogP contribution in [-0.4, -0.2) is 19.3 Å². The Kier molecular flexibility index (Phi) is 2.49. The third kappa shape index (κ3) is 2.33. The maximum Gasteiger partial charge on any atom is 0.0592 e. The third-order valence-corrected chi connectivity index (χ3v) is 1.78. The summed E-state index contributed by atoms with van der Waals surface area (Å²) in [6, 6.07) is 0. The first kappa shape index (κ1) is 7.03. The topological polar surface area (TPSA) is 35.2 Å². The summed E-state index contributed by atoms with van der Waals surface area (Å²) in [5.74, 6) is 0.844. The first-order valence-corrected chi connectivity index (χ1v) is 3.66. The van der Waals surface area contributed by atoms with Gasteiger partial charge in [-0.3, -0.25) is 0 Å². The van der Waals surface area contributed by atoms with Gasteiger partial charge in [0.2, 0.25) is 0 Å². The zero-order chi connectivity index (χ0) is 6.69. The quantitative estimate of drug-likeness (QED) is 0.608. The van der Waals surface area contributed by atoms with Crippen LogP contribution in [0.2, 0.25) is 0 Å². The maximum atomic E-state index is 5.39. The van der Waals surface area contributed by atoms with Crippen LogP contribution in [0.4, 0.5) is 0 Å². The second-order valence-electron chi connectivity index (χ2n) is 2.70. The maximum absolute atomic E-state index is 5.39. The van der Waals surface area contributed by atoms with Crippen molar-refractivity contribution < 1.29 is 4.74 Å². The van der Waals surface area contributed by atoms with Crippen LogP contribution in [0, 0.1) is 5.92 Å². The summed E-state index contributed by atoms with van der Waals surface area (Å²) in [5.41, 5.74) is 5.27. The summed E-state index contributed by atoms with van der Waals surface area (Å²) in [4.78, 5) is 0. The van der Waals surface area contributed by atoms with E-state index >= 15 is 0 Å². The smallest absolute Gasteiger partial charge is 0.0592 e. The van der Waals surface area contributed by atoms with Gasteiger partial charge in [-0.2, -0.15) is 0 Å². The summed E-state index contributed by atoms with van der Waals surface area (Å²) in [5, 5.41) is 0. The standard InChI is InChI=1S/C7H15NO/c1-6(7-2-3-7)9-5-4-8/h6-7H,2-5,8H2,1H3/t6-/m0/s1. The molecule has 2 N–H and O–H groups in total. The van der Waals surface area contributed by atoms with Crippen LogP contribution in [0.5, 0.6) is 0 Å². The van der Waals surface area contributed by atoms with Gasteiger partial charge < -0.3 is 10.5 Å². The van der Waals surface area contributed by atoms with Crippen molar-refractivity contribution in [3.05, 3.63) is 0 Å². The van der Waals surface area contributed by atoms with Gasteiger partial charge in [0.25, 0.3) is 0 Å². The Labute approximate surface area is 56.4 Å². The van der Waals surface area contributed by atoms with E-state index in [1.807, 2.05) is 0 Å². The highest BCUT2D eigenvalue weighted by Gasteiger charge is 2.28. The molecule has 2 heteroatoms. The summed E-state index contributed by atoms with van der Waals surface area (Å²) in [6.07, 6.45) is 3.16. The number of rotatable bonds is 4. The van der Waals surface area contributed by atoms with E-state index in [4.69, 9.17) is 10.5 Å². The molecule has 2 nitrogen and oxygen atoms in total. The van der Waals surface area contributed by atoms with Crippen LogP contribution in [0.25, 0.3) is 0 Å². The lowest BCUT2D eigenvalue weighted by Gasteiger charge is -2.09. The highest BCUT2D eigenvalue weighted by Crippen LogP contribution is 2.33. The van der Waals surface area contributed by atoms with Crippen molar-refractivity contribution in [3.8, 4) is 0 Å². The summed E-state index contributed by atoms with van der Waals surface area (Å²) < 4.78 is 5.39. The van der Waals surface area contributed by atoms with E-state index in [9.17, 15) is 0 Å². The molecule has 1 rings (SSSR count). The summed E-state index contributed by atoms with van der Waals surface area (Å²) in [7, 11) is 0. The number of hydrogen-bond donors (Lipinski definition) is 1. The molecule has 0 saturated heterocycles. The lowest BCUT2D eigenvalue weighted by Crippen LogP contribution is -2.16. The molecule has 1 atom stereocenters. The Morgan fingerprint density at radius 2 is 2.33 bits per heavy atom. The van der Waals surface area contributed by atoms with E-state index in [2.05, 4.69) is 6.92 Å². The summed E-state index contributed by atoms with van der Waals surface area (Å²) in [6.45, 7) is 3.50. The van der Waals surface area contributed by atoms with Crippen molar-refractivity contribution in [3.63, 3.8) is 0 Å². The van der Waals surface area contributed by atoms with Crippen LogP contribution in [-0.2, 0) is 4.74 Å². The fourth-order valence-corrected chi connectivity index (χ4v) is 0.956. The highest BCUT2D eigenvalue weighted by atomic mass is 16.5. The average Bonchev–Trinajstić information content (AvgIpc) is 2.63. The van der Waals surface area contributed by atoms with Crippen LogP contribution in [0.1, 0.15) is 19.8 Å². The minimum Gasteiger partial charge on any atom is -0.377 e. The second kappa shape index (κ2) is 3.18. The van der Waals surface area contributed by atoms with E-state index in [1.165, 1.54) is 12.8 Å². The van der Waals surface area contributed by atoms with Crippen molar-refractivity contribution in [1.82, 2.24) is 0 Å². The number of hydrogen-bond acceptors (Lipinski definition) is 2. The Morgan fingerprint density at radius 3 is 2.78 bits per heavy atom. The van der Waals surface area contributed by atoms with Gasteiger partial charge in [0.1, 0.15) is 0 Å². The van der Waals surface area contributed by atoms with Crippen molar-refractivity contribution in [2.45, 2.75) is 25.9 Å². The molecule has 0 aromatic carbocycles. The van der Waals surface area contributed by atoms with E-state index in [1.54, 1.807) is 0 Å². The SMILES string of the molecule is C[C@H](OCCN)C1CC1. The van der Waals surface area contributed by atoms with Crippen LogP contribution in [0.3, 0.4) is 0 Å². The highest BCUT2D eigenvalue weighted by molar-refractivity contribution is 4.78. The molecule has 0 aromatic heterocycles. The van der Waals surface area contributed by atoms with E-state index in [-0.39, 0.29) is 0 Å². The van der Waals surface area contributed by atoms with Crippen molar-refractivity contribution >= 4 is 0 Å². The molecule has 1 saturated carbocycles. The zero-order valence-corrected chi connectivity index (χ0v) is 5.97.